The van der Waals surface area contributed by atoms with Crippen LogP contribution in [0.1, 0.15) is 58.8 Å². The molecule has 110 valence electrons. The van der Waals surface area contributed by atoms with Gasteiger partial charge in [-0.2, -0.15) is 0 Å². The van der Waals surface area contributed by atoms with E-state index < -0.39 is 0 Å². The molecule has 2 aliphatic rings. The van der Waals surface area contributed by atoms with Gasteiger partial charge in [-0.3, -0.25) is 4.79 Å². The zero-order valence-corrected chi connectivity index (χ0v) is 12.7. The number of carbonyl (C=O) groups is 1. The monoisotopic (exact) mass is 266 g/mol. The molecule has 1 N–H and O–H groups in total. The van der Waals surface area contributed by atoms with E-state index in [9.17, 15) is 4.79 Å². The largest absolute Gasteiger partial charge is 0.352 e. The first-order chi connectivity index (χ1) is 9.17. The first-order valence-corrected chi connectivity index (χ1v) is 8.19. The summed E-state index contributed by atoms with van der Waals surface area (Å²) in [5, 5.41) is 3.20. The lowest BCUT2D eigenvalue weighted by atomic mass is 10.0. The Hall–Kier alpha value is -0.570. The Kier molecular flexibility index (Phi) is 5.68. The van der Waals surface area contributed by atoms with Crippen molar-refractivity contribution in [1.82, 2.24) is 10.2 Å². The summed E-state index contributed by atoms with van der Waals surface area (Å²) < 4.78 is 0. The Balaban J connectivity index is 1.72. The molecule has 2 fully saturated rings. The average molecular weight is 266 g/mol. The van der Waals surface area contributed by atoms with Crippen molar-refractivity contribution in [3.63, 3.8) is 0 Å². The topological polar surface area (TPSA) is 32.3 Å². The molecule has 0 aromatic carbocycles. The molecule has 1 aliphatic heterocycles. The molecule has 0 radical (unpaired) electrons. The van der Waals surface area contributed by atoms with E-state index >= 15 is 0 Å². The van der Waals surface area contributed by atoms with E-state index in [0.717, 1.165) is 31.2 Å². The van der Waals surface area contributed by atoms with E-state index in [1.807, 2.05) is 0 Å². The summed E-state index contributed by atoms with van der Waals surface area (Å²) in [5.41, 5.74) is 0. The highest BCUT2D eigenvalue weighted by molar-refractivity contribution is 5.76. The van der Waals surface area contributed by atoms with Crippen LogP contribution in [-0.4, -0.2) is 36.5 Å². The number of nitrogens with zero attached hydrogens (tertiary/aromatic N) is 1. The van der Waals surface area contributed by atoms with Gasteiger partial charge in [-0.25, -0.2) is 0 Å². The maximum absolute atomic E-state index is 11.7. The molecule has 1 saturated carbocycles. The Morgan fingerprint density at radius 1 is 1.32 bits per heavy atom. The number of piperidine rings is 1. The molecular weight excluding hydrogens is 236 g/mol. The van der Waals surface area contributed by atoms with Crippen molar-refractivity contribution in [2.24, 2.45) is 11.8 Å². The Bertz CT molecular complexity index is 292. The Labute approximate surface area is 118 Å². The van der Waals surface area contributed by atoms with Gasteiger partial charge in [-0.15, -0.1) is 0 Å². The maximum Gasteiger partial charge on any atom is 0.220 e. The predicted molar refractivity (Wildman–Crippen MR) is 79.0 cm³/mol. The molecule has 0 bridgehead atoms. The molecule has 1 saturated heterocycles. The normalized spacial score (nSPS) is 32.4. The molecule has 3 heteroatoms. The van der Waals surface area contributed by atoms with Crippen molar-refractivity contribution in [2.45, 2.75) is 64.8 Å². The van der Waals surface area contributed by atoms with E-state index in [0.29, 0.717) is 12.5 Å². The fourth-order valence-corrected chi connectivity index (χ4v) is 3.72. The van der Waals surface area contributed by atoms with Gasteiger partial charge < -0.3 is 10.2 Å². The lowest BCUT2D eigenvalue weighted by Gasteiger charge is -2.34. The van der Waals surface area contributed by atoms with Gasteiger partial charge >= 0.3 is 0 Å². The second-order valence-corrected chi connectivity index (χ2v) is 6.70. The number of likely N-dealkylation sites (tertiary alicyclic amines) is 1. The smallest absolute Gasteiger partial charge is 0.220 e. The van der Waals surface area contributed by atoms with Gasteiger partial charge in [-0.1, -0.05) is 20.3 Å². The van der Waals surface area contributed by atoms with Crippen LogP contribution in [0.25, 0.3) is 0 Å². The van der Waals surface area contributed by atoms with Gasteiger partial charge in [0, 0.05) is 25.6 Å². The van der Waals surface area contributed by atoms with Crippen LogP contribution in [0.15, 0.2) is 0 Å². The van der Waals surface area contributed by atoms with Gasteiger partial charge in [0.1, 0.15) is 0 Å². The molecule has 1 amide bonds. The van der Waals surface area contributed by atoms with E-state index in [-0.39, 0.29) is 5.91 Å². The van der Waals surface area contributed by atoms with E-state index in [1.165, 1.54) is 38.8 Å². The van der Waals surface area contributed by atoms with Crippen molar-refractivity contribution < 1.29 is 4.79 Å². The predicted octanol–water partition coefficient (Wildman–Crippen LogP) is 2.80. The molecule has 19 heavy (non-hydrogen) atoms. The van der Waals surface area contributed by atoms with Gasteiger partial charge in [0.05, 0.1) is 0 Å². The highest BCUT2D eigenvalue weighted by atomic mass is 16.1. The molecule has 2 rings (SSSR count). The second-order valence-electron chi connectivity index (χ2n) is 6.70. The molecule has 1 aliphatic carbocycles. The standard InChI is InChI=1S/C16H30N2O/c1-3-5-16(19)17-15-6-4-9-18(12-15)11-14-8-7-13(2)10-14/h13-15H,3-12H2,1-2H3,(H,17,19)/t13-,14-,15+/m0/s1. The third-order valence-electron chi connectivity index (χ3n) is 4.67. The minimum Gasteiger partial charge on any atom is -0.352 e. The molecule has 0 aromatic heterocycles. The van der Waals surface area contributed by atoms with E-state index in [4.69, 9.17) is 0 Å². The lowest BCUT2D eigenvalue weighted by Crippen LogP contribution is -2.48. The number of amides is 1. The van der Waals surface area contributed by atoms with Gasteiger partial charge in [0.25, 0.3) is 0 Å². The van der Waals surface area contributed by atoms with Crippen molar-refractivity contribution in [1.29, 1.82) is 0 Å². The minimum absolute atomic E-state index is 0.240. The van der Waals surface area contributed by atoms with Crippen LogP contribution >= 0.6 is 0 Å². The fraction of sp³-hybridized carbons (Fsp3) is 0.938. The van der Waals surface area contributed by atoms with Crippen LogP contribution in [0, 0.1) is 11.8 Å². The number of carbonyl (C=O) groups excluding carboxylic acids is 1. The zero-order chi connectivity index (χ0) is 13.7. The summed E-state index contributed by atoms with van der Waals surface area (Å²) in [6.45, 7) is 7.99. The third kappa shape index (κ3) is 4.79. The second kappa shape index (κ2) is 7.28. The molecule has 1 heterocycles. The molecular formula is C16H30N2O. The first kappa shape index (κ1) is 14.8. The summed E-state index contributed by atoms with van der Waals surface area (Å²) in [7, 11) is 0. The highest BCUT2D eigenvalue weighted by Crippen LogP contribution is 2.31. The van der Waals surface area contributed by atoms with Crippen molar-refractivity contribution in [2.75, 3.05) is 19.6 Å². The quantitative estimate of drug-likeness (QED) is 0.830. The lowest BCUT2D eigenvalue weighted by molar-refractivity contribution is -0.122. The fourth-order valence-electron chi connectivity index (χ4n) is 3.72. The van der Waals surface area contributed by atoms with Gasteiger partial charge in [0.2, 0.25) is 5.91 Å². The van der Waals surface area contributed by atoms with Crippen LogP contribution in [0.2, 0.25) is 0 Å². The first-order valence-electron chi connectivity index (χ1n) is 8.19. The minimum atomic E-state index is 0.240. The van der Waals surface area contributed by atoms with Crippen LogP contribution < -0.4 is 5.32 Å². The van der Waals surface area contributed by atoms with Crippen molar-refractivity contribution in [3.05, 3.63) is 0 Å². The maximum atomic E-state index is 11.7. The third-order valence-corrected chi connectivity index (χ3v) is 4.67. The Morgan fingerprint density at radius 3 is 2.84 bits per heavy atom. The number of nitrogens with one attached hydrogen (secondary N) is 1. The molecule has 3 atom stereocenters. The number of hydrogen-bond donors (Lipinski definition) is 1. The van der Waals surface area contributed by atoms with Gasteiger partial charge in [0.15, 0.2) is 0 Å². The van der Waals surface area contributed by atoms with Crippen LogP contribution in [-0.2, 0) is 4.79 Å². The Morgan fingerprint density at radius 2 is 2.16 bits per heavy atom. The highest BCUT2D eigenvalue weighted by Gasteiger charge is 2.26. The SMILES string of the molecule is CCCC(=O)N[C@@H]1CCCN(C[C@H]2CC[C@H](C)C2)C1. The van der Waals surface area contributed by atoms with Crippen LogP contribution in [0.4, 0.5) is 0 Å². The summed E-state index contributed by atoms with van der Waals surface area (Å²) >= 11 is 0. The van der Waals surface area contributed by atoms with Crippen molar-refractivity contribution in [3.8, 4) is 0 Å². The molecule has 0 aromatic rings. The number of rotatable bonds is 5. The van der Waals surface area contributed by atoms with E-state index in [1.54, 1.807) is 0 Å². The summed E-state index contributed by atoms with van der Waals surface area (Å²) in [6.07, 6.45) is 8.24. The summed E-state index contributed by atoms with van der Waals surface area (Å²) in [5.74, 6) is 2.07. The summed E-state index contributed by atoms with van der Waals surface area (Å²) in [4.78, 5) is 14.3. The molecule has 3 nitrogen and oxygen atoms in total. The van der Waals surface area contributed by atoms with E-state index in [2.05, 4.69) is 24.1 Å². The van der Waals surface area contributed by atoms with Crippen LogP contribution in [0.3, 0.4) is 0 Å². The average Bonchev–Trinajstić information content (AvgIpc) is 2.75. The summed E-state index contributed by atoms with van der Waals surface area (Å²) in [6, 6.07) is 0.395. The number of hydrogen-bond acceptors (Lipinski definition) is 2. The molecule has 0 spiro atoms. The van der Waals surface area contributed by atoms with Crippen LogP contribution in [0.5, 0.6) is 0 Å². The van der Waals surface area contributed by atoms with Crippen molar-refractivity contribution >= 4 is 5.91 Å². The zero-order valence-electron chi connectivity index (χ0n) is 12.7. The molecule has 0 unspecified atom stereocenters. The van der Waals surface area contributed by atoms with Gasteiger partial charge in [-0.05, 0) is 50.5 Å².